The van der Waals surface area contributed by atoms with E-state index < -0.39 is 0 Å². The molecule has 0 aliphatic heterocycles. The molecule has 1 aliphatic rings. The first-order chi connectivity index (χ1) is 22.0. The highest BCUT2D eigenvalue weighted by Crippen LogP contribution is 2.62. The number of hydrogen-bond acceptors (Lipinski definition) is 3. The molecule has 4 heteroatoms. The molecule has 1 aromatic heterocycles. The molecule has 0 spiro atoms. The monoisotopic (exact) mass is 663 g/mol. The number of benzene rings is 5. The zero-order valence-electron chi connectivity index (χ0n) is 27.3. The summed E-state index contributed by atoms with van der Waals surface area (Å²) >= 11 is 3.94. The van der Waals surface area contributed by atoms with Crippen LogP contribution in [-0.2, 0) is 10.8 Å². The van der Waals surface area contributed by atoms with Crippen molar-refractivity contribution in [2.24, 2.45) is 5.41 Å². The summed E-state index contributed by atoms with van der Waals surface area (Å²) < 4.78 is 1.12. The van der Waals surface area contributed by atoms with Crippen LogP contribution in [-0.4, -0.2) is 15.0 Å². The Morgan fingerprint density at radius 3 is 1.43 bits per heavy atom. The third kappa shape index (κ3) is 4.91. The normalized spacial score (nSPS) is 15.8. The van der Waals surface area contributed by atoms with Crippen LogP contribution in [0.25, 0.3) is 56.4 Å². The lowest BCUT2D eigenvalue weighted by Gasteiger charge is -2.44. The third-order valence-electron chi connectivity index (χ3n) is 10.9. The van der Waals surface area contributed by atoms with E-state index in [1.54, 1.807) is 0 Å². The van der Waals surface area contributed by atoms with E-state index in [0.29, 0.717) is 17.5 Å². The number of nitrogens with zero attached hydrogens (tertiary/aromatic N) is 3. The van der Waals surface area contributed by atoms with Crippen LogP contribution in [0.3, 0.4) is 0 Å². The van der Waals surface area contributed by atoms with Crippen LogP contribution in [0.5, 0.6) is 0 Å². The second kappa shape index (κ2) is 11.1. The molecule has 0 fully saturated rings. The zero-order chi connectivity index (χ0) is 32.3. The van der Waals surface area contributed by atoms with Crippen molar-refractivity contribution in [1.29, 1.82) is 0 Å². The third-order valence-corrected chi connectivity index (χ3v) is 11.6. The van der Waals surface area contributed by atoms with Crippen molar-refractivity contribution < 1.29 is 0 Å². The van der Waals surface area contributed by atoms with Gasteiger partial charge in [-0.15, -0.1) is 0 Å². The standard InChI is InChI=1S/C42H38BrN3/c1-40(2)34-25-33(36(43)26-35(34)41(3,4)42(40,5)6)28-20-22-30(23-21-28)38-44-37(29-16-11-8-12-17-29)45-39(46-38)32-19-13-18-31(24-32)27-14-9-7-10-15-27/h7-26H,1-6H3. The van der Waals surface area contributed by atoms with Gasteiger partial charge in [-0.2, -0.15) is 0 Å². The van der Waals surface area contributed by atoms with Crippen molar-refractivity contribution in [3.63, 3.8) is 0 Å². The minimum absolute atomic E-state index is 0.0359. The number of rotatable bonds is 5. The van der Waals surface area contributed by atoms with E-state index in [2.05, 4.69) is 142 Å². The Kier molecular flexibility index (Phi) is 7.32. The van der Waals surface area contributed by atoms with Gasteiger partial charge in [-0.3, -0.25) is 0 Å². The summed E-state index contributed by atoms with van der Waals surface area (Å²) in [6, 6.07) is 42.3. The molecular weight excluding hydrogens is 626 g/mol. The van der Waals surface area contributed by atoms with Crippen LogP contribution in [0, 0.1) is 5.41 Å². The van der Waals surface area contributed by atoms with Crippen LogP contribution in [0.2, 0.25) is 0 Å². The molecule has 46 heavy (non-hydrogen) atoms. The first-order valence-electron chi connectivity index (χ1n) is 15.9. The number of hydrogen-bond donors (Lipinski definition) is 0. The Balaban J connectivity index is 1.30. The van der Waals surface area contributed by atoms with Gasteiger partial charge in [-0.25, -0.2) is 15.0 Å². The average molecular weight is 665 g/mol. The van der Waals surface area contributed by atoms with Crippen LogP contribution < -0.4 is 0 Å². The van der Waals surface area contributed by atoms with Gasteiger partial charge < -0.3 is 0 Å². The maximum absolute atomic E-state index is 5.02. The summed E-state index contributed by atoms with van der Waals surface area (Å²) in [5, 5.41) is 0. The van der Waals surface area contributed by atoms with Crippen LogP contribution in [0.1, 0.15) is 52.7 Å². The molecule has 0 unspecified atom stereocenters. The molecule has 6 aromatic rings. The Hall–Kier alpha value is -4.41. The molecule has 1 aliphatic carbocycles. The van der Waals surface area contributed by atoms with Crippen molar-refractivity contribution in [3.8, 4) is 56.4 Å². The fraction of sp³-hybridized carbons (Fsp3) is 0.214. The summed E-state index contributed by atoms with van der Waals surface area (Å²) in [6.45, 7) is 14.3. The summed E-state index contributed by atoms with van der Waals surface area (Å²) in [6.07, 6.45) is 0. The van der Waals surface area contributed by atoms with Gasteiger partial charge in [0.25, 0.3) is 0 Å². The summed E-state index contributed by atoms with van der Waals surface area (Å²) in [7, 11) is 0. The minimum Gasteiger partial charge on any atom is -0.208 e. The highest BCUT2D eigenvalue weighted by molar-refractivity contribution is 9.10. The molecule has 7 rings (SSSR count). The largest absolute Gasteiger partial charge is 0.208 e. The van der Waals surface area contributed by atoms with Gasteiger partial charge in [0.2, 0.25) is 0 Å². The van der Waals surface area contributed by atoms with Gasteiger partial charge in [-0.1, -0.05) is 161 Å². The van der Waals surface area contributed by atoms with Gasteiger partial charge in [0.05, 0.1) is 0 Å². The minimum atomic E-state index is 0.0359. The molecule has 0 saturated carbocycles. The summed E-state index contributed by atoms with van der Waals surface area (Å²) in [5.41, 5.74) is 10.6. The van der Waals surface area contributed by atoms with E-state index >= 15 is 0 Å². The maximum Gasteiger partial charge on any atom is 0.164 e. The zero-order valence-corrected chi connectivity index (χ0v) is 28.9. The first kappa shape index (κ1) is 30.3. The van der Waals surface area contributed by atoms with E-state index in [1.807, 2.05) is 36.4 Å². The molecule has 0 bridgehead atoms. The fourth-order valence-electron chi connectivity index (χ4n) is 6.90. The maximum atomic E-state index is 5.02. The van der Waals surface area contributed by atoms with Gasteiger partial charge >= 0.3 is 0 Å². The molecule has 228 valence electrons. The van der Waals surface area contributed by atoms with Crippen molar-refractivity contribution in [1.82, 2.24) is 15.0 Å². The quantitative estimate of drug-likeness (QED) is 0.184. The Morgan fingerprint density at radius 1 is 0.413 bits per heavy atom. The molecule has 3 nitrogen and oxygen atoms in total. The van der Waals surface area contributed by atoms with Crippen molar-refractivity contribution >= 4 is 15.9 Å². The molecule has 0 radical (unpaired) electrons. The lowest BCUT2D eigenvalue weighted by Crippen LogP contribution is -2.42. The van der Waals surface area contributed by atoms with Gasteiger partial charge in [0.1, 0.15) is 0 Å². The first-order valence-corrected chi connectivity index (χ1v) is 16.7. The number of aromatic nitrogens is 3. The van der Waals surface area contributed by atoms with E-state index in [0.717, 1.165) is 37.9 Å². The Bertz CT molecular complexity index is 2060. The Morgan fingerprint density at radius 2 is 0.848 bits per heavy atom. The van der Waals surface area contributed by atoms with E-state index in [9.17, 15) is 0 Å². The van der Waals surface area contributed by atoms with Gasteiger partial charge in [0, 0.05) is 21.2 Å². The summed E-state index contributed by atoms with van der Waals surface area (Å²) in [5.74, 6) is 1.96. The van der Waals surface area contributed by atoms with E-state index in [-0.39, 0.29) is 16.2 Å². The van der Waals surface area contributed by atoms with Crippen LogP contribution in [0.15, 0.2) is 126 Å². The SMILES string of the molecule is CC1(C)c2cc(Br)c(-c3ccc(-c4nc(-c5ccccc5)nc(-c5cccc(-c6ccccc6)c5)n4)cc3)cc2C(C)(C)C1(C)C. The van der Waals surface area contributed by atoms with Crippen molar-refractivity contribution in [3.05, 3.63) is 137 Å². The van der Waals surface area contributed by atoms with Gasteiger partial charge in [0.15, 0.2) is 17.5 Å². The number of halogens is 1. The molecular formula is C42H38BrN3. The second-order valence-corrected chi connectivity index (χ2v) is 14.8. The van der Waals surface area contributed by atoms with E-state index in [1.165, 1.54) is 16.7 Å². The second-order valence-electron chi connectivity index (χ2n) is 13.9. The topological polar surface area (TPSA) is 38.7 Å². The molecule has 0 saturated heterocycles. The molecule has 0 atom stereocenters. The van der Waals surface area contributed by atoms with Crippen LogP contribution in [0.4, 0.5) is 0 Å². The predicted octanol–water partition coefficient (Wildman–Crippen LogP) is 11.6. The number of fused-ring (bicyclic) bond motifs is 1. The molecule has 0 amide bonds. The van der Waals surface area contributed by atoms with Crippen molar-refractivity contribution in [2.75, 3.05) is 0 Å². The van der Waals surface area contributed by atoms with Crippen LogP contribution >= 0.6 is 15.9 Å². The lowest BCUT2D eigenvalue weighted by molar-refractivity contribution is 0.125. The van der Waals surface area contributed by atoms with Gasteiger partial charge in [-0.05, 0) is 67.8 Å². The Labute approximate surface area is 281 Å². The molecule has 0 N–H and O–H groups in total. The van der Waals surface area contributed by atoms with E-state index in [4.69, 9.17) is 15.0 Å². The highest BCUT2D eigenvalue weighted by atomic mass is 79.9. The average Bonchev–Trinajstić information content (AvgIpc) is 3.18. The highest BCUT2D eigenvalue weighted by Gasteiger charge is 2.56. The smallest absolute Gasteiger partial charge is 0.164 e. The van der Waals surface area contributed by atoms with Crippen molar-refractivity contribution in [2.45, 2.75) is 52.4 Å². The fourth-order valence-corrected chi connectivity index (χ4v) is 7.47. The molecule has 5 aromatic carbocycles. The summed E-state index contributed by atoms with van der Waals surface area (Å²) in [4.78, 5) is 14.9. The predicted molar refractivity (Wildman–Crippen MR) is 195 cm³/mol. The molecule has 1 heterocycles. The lowest BCUT2D eigenvalue weighted by atomic mass is 9.59.